The van der Waals surface area contributed by atoms with Crippen molar-refractivity contribution in [3.63, 3.8) is 0 Å². The predicted molar refractivity (Wildman–Crippen MR) is 74.5 cm³/mol. The van der Waals surface area contributed by atoms with Gasteiger partial charge in [-0.15, -0.1) is 0 Å². The smallest absolute Gasteiger partial charge is 0.245 e. The van der Waals surface area contributed by atoms with Gasteiger partial charge in [0.1, 0.15) is 12.1 Å². The van der Waals surface area contributed by atoms with E-state index in [0.29, 0.717) is 5.92 Å². The molecule has 1 N–H and O–H groups in total. The largest absolute Gasteiger partial charge is 0.343 e. The van der Waals surface area contributed by atoms with E-state index in [4.69, 9.17) is 0 Å². The van der Waals surface area contributed by atoms with Gasteiger partial charge in [0.2, 0.25) is 11.8 Å². The predicted octanol–water partition coefficient (Wildman–Crippen LogP) is 1.94. The van der Waals surface area contributed by atoms with Crippen molar-refractivity contribution in [1.29, 1.82) is 0 Å². The highest BCUT2D eigenvalue weighted by atomic mass is 16.2. The van der Waals surface area contributed by atoms with Gasteiger partial charge in [0.15, 0.2) is 0 Å². The molecule has 19 heavy (non-hydrogen) atoms. The highest BCUT2D eigenvalue weighted by Crippen LogP contribution is 2.32. The summed E-state index contributed by atoms with van der Waals surface area (Å²) < 4.78 is 0. The van der Waals surface area contributed by atoms with E-state index in [1.165, 1.54) is 12.8 Å². The maximum absolute atomic E-state index is 12.5. The van der Waals surface area contributed by atoms with Gasteiger partial charge in [-0.3, -0.25) is 9.59 Å². The van der Waals surface area contributed by atoms with Gasteiger partial charge in [-0.05, 0) is 31.6 Å². The van der Waals surface area contributed by atoms with Crippen molar-refractivity contribution in [1.82, 2.24) is 10.2 Å². The molecule has 4 unspecified atom stereocenters. The van der Waals surface area contributed by atoms with E-state index in [0.717, 1.165) is 12.8 Å². The first-order valence-corrected chi connectivity index (χ1v) is 7.56. The summed E-state index contributed by atoms with van der Waals surface area (Å²) in [7, 11) is 0. The van der Waals surface area contributed by atoms with Crippen LogP contribution in [0.1, 0.15) is 53.4 Å². The highest BCUT2D eigenvalue weighted by Gasteiger charge is 2.45. The van der Waals surface area contributed by atoms with Crippen molar-refractivity contribution in [2.75, 3.05) is 0 Å². The quantitative estimate of drug-likeness (QED) is 0.830. The average Bonchev–Trinajstić information content (AvgIpc) is 2.34. The minimum Gasteiger partial charge on any atom is -0.343 e. The standard InChI is InChI=1S/C15H26N2O2/c1-9(2)13-14(18)16-11(4)15(19)17(13)12-8-6-5-7-10(12)3/h9-13H,5-8H2,1-4H3,(H,16,18). The Hall–Kier alpha value is -1.06. The molecule has 1 saturated heterocycles. The lowest BCUT2D eigenvalue weighted by molar-refractivity contribution is -0.155. The van der Waals surface area contributed by atoms with Crippen LogP contribution in [0, 0.1) is 11.8 Å². The summed E-state index contributed by atoms with van der Waals surface area (Å²) in [5, 5.41) is 2.81. The molecule has 4 heteroatoms. The zero-order valence-electron chi connectivity index (χ0n) is 12.5. The molecule has 0 spiro atoms. The molecule has 1 aliphatic carbocycles. The lowest BCUT2D eigenvalue weighted by Gasteiger charge is -2.47. The molecule has 2 amide bonds. The molecule has 0 bridgehead atoms. The summed E-state index contributed by atoms with van der Waals surface area (Å²) >= 11 is 0. The van der Waals surface area contributed by atoms with Crippen LogP contribution in [-0.4, -0.2) is 34.8 Å². The molecular weight excluding hydrogens is 240 g/mol. The third-order valence-electron chi connectivity index (χ3n) is 4.61. The summed E-state index contributed by atoms with van der Waals surface area (Å²) in [6.07, 6.45) is 4.61. The Labute approximate surface area is 115 Å². The molecule has 108 valence electrons. The number of amides is 2. The van der Waals surface area contributed by atoms with E-state index in [2.05, 4.69) is 12.2 Å². The fourth-order valence-corrected chi connectivity index (χ4v) is 3.55. The fraction of sp³-hybridized carbons (Fsp3) is 0.867. The molecule has 0 aromatic carbocycles. The number of hydrogen-bond donors (Lipinski definition) is 1. The van der Waals surface area contributed by atoms with E-state index < -0.39 is 0 Å². The molecule has 2 aliphatic rings. The summed E-state index contributed by atoms with van der Waals surface area (Å²) in [5.74, 6) is 0.763. The van der Waals surface area contributed by atoms with Crippen LogP contribution in [0.25, 0.3) is 0 Å². The SMILES string of the molecule is CC1NC(=O)C(C(C)C)N(C2CCCCC2C)C1=O. The number of rotatable bonds is 2. The second-order valence-corrected chi connectivity index (χ2v) is 6.49. The van der Waals surface area contributed by atoms with Crippen LogP contribution < -0.4 is 5.32 Å². The van der Waals surface area contributed by atoms with Crippen molar-refractivity contribution in [2.24, 2.45) is 11.8 Å². The number of piperazine rings is 1. The maximum Gasteiger partial charge on any atom is 0.245 e. The topological polar surface area (TPSA) is 49.4 Å². The summed E-state index contributed by atoms with van der Waals surface area (Å²) in [6, 6.07) is -0.437. The van der Waals surface area contributed by atoms with E-state index in [1.54, 1.807) is 6.92 Å². The van der Waals surface area contributed by atoms with Crippen molar-refractivity contribution in [3.8, 4) is 0 Å². The van der Waals surface area contributed by atoms with Crippen LogP contribution >= 0.6 is 0 Å². The van der Waals surface area contributed by atoms with Crippen LogP contribution in [0.5, 0.6) is 0 Å². The van der Waals surface area contributed by atoms with Gasteiger partial charge in [0.25, 0.3) is 0 Å². The minimum absolute atomic E-state index is 0.0138. The monoisotopic (exact) mass is 266 g/mol. The van der Waals surface area contributed by atoms with Crippen molar-refractivity contribution in [3.05, 3.63) is 0 Å². The number of carbonyl (C=O) groups excluding carboxylic acids is 2. The average molecular weight is 266 g/mol. The molecule has 1 aliphatic heterocycles. The highest BCUT2D eigenvalue weighted by molar-refractivity contribution is 5.97. The third-order valence-corrected chi connectivity index (χ3v) is 4.61. The number of nitrogens with one attached hydrogen (secondary N) is 1. The van der Waals surface area contributed by atoms with Crippen molar-refractivity contribution in [2.45, 2.75) is 71.5 Å². The molecule has 0 aromatic heterocycles. The fourth-order valence-electron chi connectivity index (χ4n) is 3.55. The maximum atomic E-state index is 12.5. The first-order valence-electron chi connectivity index (χ1n) is 7.56. The summed E-state index contributed by atoms with van der Waals surface area (Å²) in [4.78, 5) is 26.7. The van der Waals surface area contributed by atoms with Crippen LogP contribution in [0.3, 0.4) is 0 Å². The van der Waals surface area contributed by atoms with E-state index in [-0.39, 0.29) is 35.9 Å². The second-order valence-electron chi connectivity index (χ2n) is 6.49. The Morgan fingerprint density at radius 1 is 1.16 bits per heavy atom. The Morgan fingerprint density at radius 2 is 1.79 bits per heavy atom. The van der Waals surface area contributed by atoms with E-state index in [9.17, 15) is 9.59 Å². The molecule has 1 heterocycles. The second kappa shape index (κ2) is 5.51. The number of carbonyl (C=O) groups is 2. The van der Waals surface area contributed by atoms with Gasteiger partial charge >= 0.3 is 0 Å². The molecule has 1 saturated carbocycles. The lowest BCUT2D eigenvalue weighted by Crippen LogP contribution is -2.67. The third kappa shape index (κ3) is 2.63. The Bertz CT molecular complexity index is 367. The first-order chi connectivity index (χ1) is 8.93. The zero-order valence-corrected chi connectivity index (χ0v) is 12.5. The Balaban J connectivity index is 2.29. The lowest BCUT2D eigenvalue weighted by atomic mass is 9.82. The van der Waals surface area contributed by atoms with Crippen LogP contribution in [0.2, 0.25) is 0 Å². The van der Waals surface area contributed by atoms with Gasteiger partial charge in [-0.1, -0.05) is 33.6 Å². The molecule has 4 atom stereocenters. The minimum atomic E-state index is -0.378. The van der Waals surface area contributed by atoms with Crippen LogP contribution in [0.4, 0.5) is 0 Å². The van der Waals surface area contributed by atoms with Gasteiger partial charge in [-0.25, -0.2) is 0 Å². The number of nitrogens with zero attached hydrogens (tertiary/aromatic N) is 1. The van der Waals surface area contributed by atoms with Gasteiger partial charge in [0, 0.05) is 6.04 Å². The molecular formula is C15H26N2O2. The zero-order chi connectivity index (χ0) is 14.2. The van der Waals surface area contributed by atoms with Gasteiger partial charge in [-0.2, -0.15) is 0 Å². The van der Waals surface area contributed by atoms with Crippen LogP contribution in [-0.2, 0) is 9.59 Å². The Kier molecular flexibility index (Phi) is 4.16. The molecule has 0 aromatic rings. The van der Waals surface area contributed by atoms with Crippen molar-refractivity contribution < 1.29 is 9.59 Å². The van der Waals surface area contributed by atoms with Crippen LogP contribution in [0.15, 0.2) is 0 Å². The first kappa shape index (κ1) is 14.4. The Morgan fingerprint density at radius 3 is 2.37 bits per heavy atom. The molecule has 2 fully saturated rings. The molecule has 4 nitrogen and oxygen atoms in total. The summed E-state index contributed by atoms with van der Waals surface area (Å²) in [6.45, 7) is 8.05. The molecule has 2 rings (SSSR count). The summed E-state index contributed by atoms with van der Waals surface area (Å²) in [5.41, 5.74) is 0. The van der Waals surface area contributed by atoms with Crippen molar-refractivity contribution >= 4 is 11.8 Å². The number of hydrogen-bond acceptors (Lipinski definition) is 2. The molecule has 0 radical (unpaired) electrons. The van der Waals surface area contributed by atoms with Gasteiger partial charge in [0.05, 0.1) is 0 Å². The normalized spacial score (nSPS) is 36.6. The van der Waals surface area contributed by atoms with Gasteiger partial charge < -0.3 is 10.2 Å². The van der Waals surface area contributed by atoms with E-state index >= 15 is 0 Å². The van der Waals surface area contributed by atoms with E-state index in [1.807, 2.05) is 18.7 Å².